The largest absolute Gasteiger partial charge is 0.490 e. The van der Waals surface area contributed by atoms with E-state index in [4.69, 9.17) is 10.5 Å². The highest BCUT2D eigenvalue weighted by Gasteiger charge is 2.21. The molecule has 0 aliphatic carbocycles. The SMILES string of the molecule is CC[C@H](C[C@H](N)C(=O)C(C)C)Oc1ccccc1.[HH]. The number of rotatable bonds is 7. The third kappa shape index (κ3) is 4.49. The van der Waals surface area contributed by atoms with Crippen molar-refractivity contribution in [1.29, 1.82) is 0 Å². The average Bonchev–Trinajstić information content (AvgIpc) is 2.37. The Morgan fingerprint density at radius 1 is 1.33 bits per heavy atom. The van der Waals surface area contributed by atoms with Crippen molar-refractivity contribution in [1.82, 2.24) is 0 Å². The maximum absolute atomic E-state index is 11.8. The third-order valence-corrected chi connectivity index (χ3v) is 2.95. The van der Waals surface area contributed by atoms with Crippen LogP contribution < -0.4 is 10.5 Å². The first-order valence-corrected chi connectivity index (χ1v) is 6.55. The summed E-state index contributed by atoms with van der Waals surface area (Å²) in [5, 5.41) is 0. The van der Waals surface area contributed by atoms with E-state index >= 15 is 0 Å². The van der Waals surface area contributed by atoms with Gasteiger partial charge in [0.25, 0.3) is 0 Å². The summed E-state index contributed by atoms with van der Waals surface area (Å²) < 4.78 is 5.83. The summed E-state index contributed by atoms with van der Waals surface area (Å²) in [6.45, 7) is 5.79. The summed E-state index contributed by atoms with van der Waals surface area (Å²) in [6, 6.07) is 9.21. The van der Waals surface area contributed by atoms with E-state index in [0.29, 0.717) is 6.42 Å². The fourth-order valence-electron chi connectivity index (χ4n) is 1.82. The van der Waals surface area contributed by atoms with Crippen LogP contribution in [-0.2, 0) is 4.79 Å². The monoisotopic (exact) mass is 251 g/mol. The number of ketones is 1. The predicted octanol–water partition coefficient (Wildman–Crippen LogP) is 3.03. The maximum Gasteiger partial charge on any atom is 0.152 e. The van der Waals surface area contributed by atoms with Gasteiger partial charge in [0.15, 0.2) is 5.78 Å². The molecule has 0 spiro atoms. The van der Waals surface area contributed by atoms with Gasteiger partial charge in [-0.15, -0.1) is 0 Å². The summed E-state index contributed by atoms with van der Waals surface area (Å²) in [4.78, 5) is 11.8. The fraction of sp³-hybridized carbons (Fsp3) is 0.533. The molecule has 0 saturated heterocycles. The van der Waals surface area contributed by atoms with Gasteiger partial charge in [-0.1, -0.05) is 39.0 Å². The Morgan fingerprint density at radius 2 is 1.94 bits per heavy atom. The molecule has 0 radical (unpaired) electrons. The van der Waals surface area contributed by atoms with E-state index in [9.17, 15) is 4.79 Å². The molecule has 0 saturated carbocycles. The van der Waals surface area contributed by atoms with Crippen molar-refractivity contribution in [3.05, 3.63) is 30.3 Å². The molecule has 0 fully saturated rings. The molecule has 2 N–H and O–H groups in total. The summed E-state index contributed by atoms with van der Waals surface area (Å²) in [7, 11) is 0. The van der Waals surface area contributed by atoms with Crippen LogP contribution in [-0.4, -0.2) is 17.9 Å². The second-order valence-electron chi connectivity index (χ2n) is 4.86. The highest BCUT2D eigenvalue weighted by atomic mass is 16.5. The zero-order chi connectivity index (χ0) is 13.5. The zero-order valence-corrected chi connectivity index (χ0v) is 11.4. The summed E-state index contributed by atoms with van der Waals surface area (Å²) in [5.74, 6) is 0.910. The summed E-state index contributed by atoms with van der Waals surface area (Å²) in [5.41, 5.74) is 5.92. The van der Waals surface area contributed by atoms with Gasteiger partial charge in [-0.3, -0.25) is 4.79 Å². The lowest BCUT2D eigenvalue weighted by Crippen LogP contribution is -2.38. The minimum absolute atomic E-state index is 0. The van der Waals surface area contributed by atoms with Crippen LogP contribution in [0.3, 0.4) is 0 Å². The van der Waals surface area contributed by atoms with E-state index in [0.717, 1.165) is 12.2 Å². The molecule has 0 amide bonds. The van der Waals surface area contributed by atoms with Gasteiger partial charge in [0.2, 0.25) is 0 Å². The standard InChI is InChI=1S/C15H23NO2.H2/c1-4-12(10-14(16)15(17)11(2)3)18-13-8-6-5-7-9-13;/h5-9,11-12,14H,4,10,16H2,1-3H3;1H/t12-,14+;/m1./s1. The molecule has 102 valence electrons. The number of nitrogens with two attached hydrogens (primary N) is 1. The van der Waals surface area contributed by atoms with Gasteiger partial charge >= 0.3 is 0 Å². The van der Waals surface area contributed by atoms with E-state index < -0.39 is 6.04 Å². The highest BCUT2D eigenvalue weighted by molar-refractivity contribution is 5.85. The number of hydrogen-bond donors (Lipinski definition) is 1. The Balaban J connectivity index is 0.00000324. The average molecular weight is 251 g/mol. The molecular formula is C15H25NO2. The topological polar surface area (TPSA) is 52.3 Å². The first-order chi connectivity index (χ1) is 8.54. The summed E-state index contributed by atoms with van der Waals surface area (Å²) in [6.07, 6.45) is 1.40. The highest BCUT2D eigenvalue weighted by Crippen LogP contribution is 2.16. The van der Waals surface area contributed by atoms with Crippen molar-refractivity contribution in [3.8, 4) is 5.75 Å². The second kappa shape index (κ2) is 7.17. The van der Waals surface area contributed by atoms with Crippen molar-refractivity contribution in [2.75, 3.05) is 0 Å². The fourth-order valence-corrected chi connectivity index (χ4v) is 1.82. The predicted molar refractivity (Wildman–Crippen MR) is 75.7 cm³/mol. The molecule has 0 bridgehead atoms. The maximum atomic E-state index is 11.8. The van der Waals surface area contributed by atoms with Crippen molar-refractivity contribution >= 4 is 5.78 Å². The lowest BCUT2D eigenvalue weighted by molar-refractivity contribution is -0.123. The van der Waals surface area contributed by atoms with Crippen LogP contribution in [0.2, 0.25) is 0 Å². The number of ether oxygens (including phenoxy) is 1. The lowest BCUT2D eigenvalue weighted by atomic mass is 9.97. The number of carbonyl (C=O) groups excluding carboxylic acids is 1. The Bertz CT molecular complexity index is 368. The number of benzene rings is 1. The Hall–Kier alpha value is -1.35. The second-order valence-corrected chi connectivity index (χ2v) is 4.86. The van der Waals surface area contributed by atoms with Gasteiger partial charge in [0.05, 0.1) is 6.04 Å². The minimum Gasteiger partial charge on any atom is -0.490 e. The zero-order valence-electron chi connectivity index (χ0n) is 11.4. The van der Waals surface area contributed by atoms with Crippen LogP contribution in [0.1, 0.15) is 35.0 Å². The Morgan fingerprint density at radius 3 is 2.44 bits per heavy atom. The quantitative estimate of drug-likeness (QED) is 0.810. The molecule has 0 aliphatic heterocycles. The molecule has 1 aromatic rings. The molecule has 3 heteroatoms. The third-order valence-electron chi connectivity index (χ3n) is 2.95. The smallest absolute Gasteiger partial charge is 0.152 e. The van der Waals surface area contributed by atoms with E-state index in [1.807, 2.05) is 51.1 Å². The molecule has 0 aliphatic rings. The number of carbonyl (C=O) groups is 1. The van der Waals surface area contributed by atoms with Crippen molar-refractivity contribution < 1.29 is 11.0 Å². The van der Waals surface area contributed by atoms with Crippen LogP contribution >= 0.6 is 0 Å². The molecule has 18 heavy (non-hydrogen) atoms. The lowest BCUT2D eigenvalue weighted by Gasteiger charge is -2.21. The molecule has 1 aromatic carbocycles. The van der Waals surface area contributed by atoms with Gasteiger partial charge in [-0.05, 0) is 18.6 Å². The molecule has 0 aromatic heterocycles. The van der Waals surface area contributed by atoms with E-state index in [2.05, 4.69) is 0 Å². The van der Waals surface area contributed by atoms with Gasteiger partial charge in [-0.25, -0.2) is 0 Å². The van der Waals surface area contributed by atoms with Crippen LogP contribution in [0, 0.1) is 5.92 Å². The number of hydrogen-bond acceptors (Lipinski definition) is 3. The summed E-state index contributed by atoms with van der Waals surface area (Å²) >= 11 is 0. The van der Waals surface area contributed by atoms with Crippen LogP contribution in [0.15, 0.2) is 30.3 Å². The van der Waals surface area contributed by atoms with Crippen LogP contribution in [0.4, 0.5) is 0 Å². The van der Waals surface area contributed by atoms with Crippen molar-refractivity contribution in [3.63, 3.8) is 0 Å². The first-order valence-electron chi connectivity index (χ1n) is 6.55. The molecular weight excluding hydrogens is 226 g/mol. The van der Waals surface area contributed by atoms with Gasteiger partial charge < -0.3 is 10.5 Å². The minimum atomic E-state index is -0.432. The molecule has 0 unspecified atom stereocenters. The molecule has 2 atom stereocenters. The number of Topliss-reactive ketones (excluding diaryl/α,β-unsaturated/α-hetero) is 1. The van der Waals surface area contributed by atoms with E-state index in [1.165, 1.54) is 0 Å². The molecule has 0 heterocycles. The normalized spacial score (nSPS) is 14.3. The first kappa shape index (κ1) is 14.7. The van der Waals surface area contributed by atoms with Gasteiger partial charge in [0.1, 0.15) is 11.9 Å². The van der Waals surface area contributed by atoms with Crippen molar-refractivity contribution in [2.24, 2.45) is 11.7 Å². The van der Waals surface area contributed by atoms with Gasteiger partial charge in [0, 0.05) is 13.8 Å². The Labute approximate surface area is 111 Å². The van der Waals surface area contributed by atoms with E-state index in [-0.39, 0.29) is 19.2 Å². The van der Waals surface area contributed by atoms with Crippen LogP contribution in [0.5, 0.6) is 5.75 Å². The van der Waals surface area contributed by atoms with Crippen LogP contribution in [0.25, 0.3) is 0 Å². The van der Waals surface area contributed by atoms with Crippen molar-refractivity contribution in [2.45, 2.75) is 45.8 Å². The number of para-hydroxylation sites is 1. The Kier molecular flexibility index (Phi) is 5.86. The molecule has 1 rings (SSSR count). The molecule has 3 nitrogen and oxygen atoms in total. The van der Waals surface area contributed by atoms with Gasteiger partial charge in [-0.2, -0.15) is 0 Å². The van der Waals surface area contributed by atoms with E-state index in [1.54, 1.807) is 0 Å².